The Morgan fingerprint density at radius 1 is 1.24 bits per heavy atom. The Balaban J connectivity index is 1.87. The first kappa shape index (κ1) is 23.3. The van der Waals surface area contributed by atoms with Crippen LogP contribution in [0.2, 0.25) is 0 Å². The van der Waals surface area contributed by atoms with E-state index in [1.807, 2.05) is 48.6 Å². The smallest absolute Gasteiger partial charge is 0.303 e. The Morgan fingerprint density at radius 2 is 2.00 bits per heavy atom. The van der Waals surface area contributed by atoms with Gasteiger partial charge in [-0.05, 0) is 50.0 Å². The van der Waals surface area contributed by atoms with Gasteiger partial charge in [-0.1, -0.05) is 54.6 Å². The number of hydroxylamine groups is 1. The molecule has 5 N–H and O–H groups in total. The number of benzene rings is 1. The van der Waals surface area contributed by atoms with Crippen LogP contribution < -0.4 is 5.48 Å². The van der Waals surface area contributed by atoms with Crippen molar-refractivity contribution in [3.63, 3.8) is 0 Å². The molecule has 0 radical (unpaired) electrons. The first-order valence-corrected chi connectivity index (χ1v) is 10.4. The lowest BCUT2D eigenvalue weighted by molar-refractivity contribution is -0.137. The summed E-state index contributed by atoms with van der Waals surface area (Å²) >= 11 is 0. The number of carboxylic acid groups (broad SMARTS) is 1. The molecule has 0 aromatic heterocycles. The van der Waals surface area contributed by atoms with Crippen LogP contribution in [0.25, 0.3) is 0 Å². The van der Waals surface area contributed by atoms with E-state index in [1.165, 1.54) is 5.56 Å². The number of aliphatic hydroxyl groups is 2. The molecule has 1 fully saturated rings. The van der Waals surface area contributed by atoms with Gasteiger partial charge in [0, 0.05) is 18.4 Å². The van der Waals surface area contributed by atoms with Crippen LogP contribution in [0.15, 0.2) is 54.6 Å². The van der Waals surface area contributed by atoms with Crippen LogP contribution in [0.1, 0.15) is 44.1 Å². The number of allylic oxidation sites excluding steroid dienone is 2. The fourth-order valence-corrected chi connectivity index (χ4v) is 3.93. The second-order valence-corrected chi connectivity index (χ2v) is 7.75. The highest BCUT2D eigenvalue weighted by Crippen LogP contribution is 2.36. The maximum absolute atomic E-state index is 10.5. The van der Waals surface area contributed by atoms with Gasteiger partial charge in [-0.25, -0.2) is 5.48 Å². The molecule has 0 bridgehead atoms. The molecule has 6 heteroatoms. The van der Waals surface area contributed by atoms with E-state index < -0.39 is 18.2 Å². The molecule has 0 saturated heterocycles. The van der Waals surface area contributed by atoms with Crippen LogP contribution in [-0.4, -0.2) is 44.7 Å². The average molecular weight is 404 g/mol. The summed E-state index contributed by atoms with van der Waals surface area (Å²) in [7, 11) is 0. The normalized spacial score (nSPS) is 25.8. The summed E-state index contributed by atoms with van der Waals surface area (Å²) in [6.45, 7) is 0. The number of aryl methyl sites for hydroxylation is 1. The lowest BCUT2D eigenvalue weighted by Gasteiger charge is -2.21. The van der Waals surface area contributed by atoms with Crippen molar-refractivity contribution in [3.8, 4) is 0 Å². The zero-order valence-corrected chi connectivity index (χ0v) is 16.7. The van der Waals surface area contributed by atoms with Gasteiger partial charge >= 0.3 is 5.97 Å². The van der Waals surface area contributed by atoms with Gasteiger partial charge in [-0.3, -0.25) is 4.79 Å². The Hall–Kier alpha value is -1.99. The third kappa shape index (κ3) is 8.11. The molecule has 1 aromatic carbocycles. The second kappa shape index (κ2) is 12.5. The summed E-state index contributed by atoms with van der Waals surface area (Å²) in [5, 5.41) is 38.8. The van der Waals surface area contributed by atoms with Gasteiger partial charge in [0.2, 0.25) is 0 Å². The van der Waals surface area contributed by atoms with E-state index in [0.29, 0.717) is 32.1 Å². The van der Waals surface area contributed by atoms with E-state index in [9.17, 15) is 20.2 Å². The van der Waals surface area contributed by atoms with E-state index in [4.69, 9.17) is 5.11 Å². The maximum atomic E-state index is 10.5. The fourth-order valence-electron chi connectivity index (χ4n) is 3.93. The number of hydrogen-bond donors (Lipinski definition) is 5. The zero-order valence-electron chi connectivity index (χ0n) is 16.7. The van der Waals surface area contributed by atoms with Crippen molar-refractivity contribution in [1.82, 2.24) is 5.48 Å². The molecule has 2 unspecified atom stereocenters. The molecular formula is C23H33NO5. The molecule has 1 saturated carbocycles. The van der Waals surface area contributed by atoms with E-state index in [1.54, 1.807) is 6.08 Å². The predicted molar refractivity (Wildman–Crippen MR) is 111 cm³/mol. The minimum Gasteiger partial charge on any atom is -0.481 e. The quantitative estimate of drug-likeness (QED) is 0.208. The number of rotatable bonds is 12. The van der Waals surface area contributed by atoms with Crippen LogP contribution in [0.5, 0.6) is 0 Å². The summed E-state index contributed by atoms with van der Waals surface area (Å²) in [5.41, 5.74) is 3.47. The van der Waals surface area contributed by atoms with Crippen molar-refractivity contribution in [2.24, 2.45) is 11.8 Å². The molecule has 6 nitrogen and oxygen atoms in total. The third-order valence-corrected chi connectivity index (χ3v) is 5.58. The van der Waals surface area contributed by atoms with Crippen LogP contribution in [0, 0.1) is 11.8 Å². The maximum Gasteiger partial charge on any atom is 0.303 e. The molecule has 2 rings (SSSR count). The van der Waals surface area contributed by atoms with Gasteiger partial charge in [0.05, 0.1) is 12.2 Å². The van der Waals surface area contributed by atoms with Crippen LogP contribution in [0.4, 0.5) is 0 Å². The van der Waals surface area contributed by atoms with E-state index >= 15 is 0 Å². The minimum absolute atomic E-state index is 0.0621. The van der Waals surface area contributed by atoms with Gasteiger partial charge in [-0.2, -0.15) is 0 Å². The number of nitrogens with one attached hydrogen (secondary N) is 1. The molecule has 1 aromatic rings. The Morgan fingerprint density at radius 3 is 2.69 bits per heavy atom. The van der Waals surface area contributed by atoms with Crippen molar-refractivity contribution in [1.29, 1.82) is 0 Å². The van der Waals surface area contributed by atoms with E-state index in [2.05, 4.69) is 5.48 Å². The summed E-state index contributed by atoms with van der Waals surface area (Å²) in [4.78, 5) is 10.5. The topological polar surface area (TPSA) is 110 Å². The molecule has 0 spiro atoms. The lowest BCUT2D eigenvalue weighted by atomic mass is 9.89. The van der Waals surface area contributed by atoms with Gasteiger partial charge in [0.1, 0.15) is 0 Å². The SMILES string of the molecule is O=C(O)CCCC=CC[C@H]1[C@@H](O)CC(NO)[C@@H]1C=CC(O)CCc1ccccc1. The average Bonchev–Trinajstić information content (AvgIpc) is 3.02. The van der Waals surface area contributed by atoms with E-state index in [-0.39, 0.29) is 24.3 Å². The summed E-state index contributed by atoms with van der Waals surface area (Å²) in [6.07, 6.45) is 10.4. The van der Waals surface area contributed by atoms with Crippen molar-refractivity contribution < 1.29 is 25.3 Å². The van der Waals surface area contributed by atoms with Gasteiger partial charge < -0.3 is 20.5 Å². The predicted octanol–water partition coefficient (Wildman–Crippen LogP) is 3.08. The van der Waals surface area contributed by atoms with E-state index in [0.717, 1.165) is 6.42 Å². The molecule has 0 amide bonds. The zero-order chi connectivity index (χ0) is 21.1. The van der Waals surface area contributed by atoms with Gasteiger partial charge in [0.15, 0.2) is 0 Å². The van der Waals surface area contributed by atoms with Crippen molar-refractivity contribution >= 4 is 5.97 Å². The lowest BCUT2D eigenvalue weighted by Crippen LogP contribution is -2.30. The highest BCUT2D eigenvalue weighted by atomic mass is 16.5. The first-order chi connectivity index (χ1) is 14.0. The third-order valence-electron chi connectivity index (χ3n) is 5.58. The van der Waals surface area contributed by atoms with Gasteiger partial charge in [-0.15, -0.1) is 0 Å². The number of hydrogen-bond acceptors (Lipinski definition) is 5. The molecule has 1 aliphatic rings. The number of aliphatic carboxylic acids is 1. The number of carboxylic acids is 1. The number of aliphatic hydroxyl groups excluding tert-OH is 2. The molecule has 29 heavy (non-hydrogen) atoms. The first-order valence-electron chi connectivity index (χ1n) is 10.4. The molecular weight excluding hydrogens is 370 g/mol. The number of carbonyl (C=O) groups is 1. The van der Waals surface area contributed by atoms with Crippen molar-refractivity contribution in [2.45, 2.75) is 63.2 Å². The molecule has 1 aliphatic carbocycles. The highest BCUT2D eigenvalue weighted by Gasteiger charge is 2.40. The fraction of sp³-hybridized carbons (Fsp3) is 0.522. The molecule has 160 valence electrons. The van der Waals surface area contributed by atoms with Gasteiger partial charge in [0.25, 0.3) is 0 Å². The second-order valence-electron chi connectivity index (χ2n) is 7.75. The molecule has 0 aliphatic heterocycles. The highest BCUT2D eigenvalue weighted by molar-refractivity contribution is 5.66. The monoisotopic (exact) mass is 403 g/mol. The van der Waals surface area contributed by atoms with Crippen molar-refractivity contribution in [2.75, 3.05) is 0 Å². The number of unbranched alkanes of at least 4 members (excludes halogenated alkanes) is 1. The Bertz CT molecular complexity index is 660. The summed E-state index contributed by atoms with van der Waals surface area (Å²) in [5.74, 6) is -0.949. The van der Waals surface area contributed by atoms with Crippen LogP contribution >= 0.6 is 0 Å². The molecule has 5 atom stereocenters. The van der Waals surface area contributed by atoms with Crippen LogP contribution in [0.3, 0.4) is 0 Å². The largest absolute Gasteiger partial charge is 0.481 e. The van der Waals surface area contributed by atoms with Crippen molar-refractivity contribution in [3.05, 3.63) is 60.2 Å². The summed E-state index contributed by atoms with van der Waals surface area (Å²) < 4.78 is 0. The Kier molecular flexibility index (Phi) is 10.1. The summed E-state index contributed by atoms with van der Waals surface area (Å²) in [6, 6.07) is 9.74. The minimum atomic E-state index is -0.794. The Labute approximate surface area is 172 Å². The molecule has 0 heterocycles. The standard InChI is InChI=1S/C23H33NO5/c25-18(13-12-17-8-4-3-5-9-17)14-15-19-20(22(26)16-21(19)24-29)10-6-1-2-7-11-23(27)28/h1,3-6,8-9,14-15,18-22,24-26,29H,2,7,10-13,16H2,(H,27,28)/t18?,19-,20-,21?,22+/m1/s1. The van der Waals surface area contributed by atoms with Crippen LogP contribution in [-0.2, 0) is 11.2 Å².